The molecular weight excluding hydrogens is 472 g/mol. The van der Waals surface area contributed by atoms with Gasteiger partial charge in [0, 0.05) is 41.8 Å². The molecule has 7 nitrogen and oxygen atoms in total. The maximum Gasteiger partial charge on any atom is 0.261 e. The van der Waals surface area contributed by atoms with E-state index in [0.29, 0.717) is 26.9 Å². The molecule has 0 saturated carbocycles. The lowest BCUT2D eigenvalue weighted by Gasteiger charge is -2.23. The summed E-state index contributed by atoms with van der Waals surface area (Å²) in [5.74, 6) is -0.529. The van der Waals surface area contributed by atoms with Gasteiger partial charge >= 0.3 is 0 Å². The van der Waals surface area contributed by atoms with Gasteiger partial charge in [-0.3, -0.25) is 23.9 Å². The second-order valence-corrected chi connectivity index (χ2v) is 9.55. The lowest BCUT2D eigenvalue weighted by Crippen LogP contribution is -2.44. The fourth-order valence-corrected chi connectivity index (χ4v) is 5.02. The Kier molecular flexibility index (Phi) is 6.00. The first kappa shape index (κ1) is 22.1. The molecule has 4 aromatic rings. The van der Waals surface area contributed by atoms with Gasteiger partial charge < -0.3 is 10.6 Å². The highest BCUT2D eigenvalue weighted by molar-refractivity contribution is 7.18. The number of nitrogens with zero attached hydrogens (tertiary/aromatic N) is 2. The lowest BCUT2D eigenvalue weighted by atomic mass is 10.1. The van der Waals surface area contributed by atoms with Gasteiger partial charge in [0.05, 0.1) is 21.3 Å². The molecule has 3 heterocycles. The Hall–Kier alpha value is -3.75. The Bertz CT molecular complexity index is 1430. The SMILES string of the molecule is O=C(N[C@H]1c2cccnc2C[C@H]1NC(=O)c1ccc(Cl)s1)c1ccc(-n2ccccc2=O)cc1. The van der Waals surface area contributed by atoms with Crippen molar-refractivity contribution in [1.29, 1.82) is 0 Å². The van der Waals surface area contributed by atoms with Crippen LogP contribution in [0.3, 0.4) is 0 Å². The third-order valence-electron chi connectivity index (χ3n) is 5.71. The number of thiophene rings is 1. The summed E-state index contributed by atoms with van der Waals surface area (Å²) in [7, 11) is 0. The van der Waals surface area contributed by atoms with Crippen molar-refractivity contribution in [2.75, 3.05) is 0 Å². The summed E-state index contributed by atoms with van der Waals surface area (Å²) >= 11 is 7.17. The molecule has 0 unspecified atom stereocenters. The quantitative estimate of drug-likeness (QED) is 0.445. The molecule has 0 radical (unpaired) electrons. The molecule has 1 aliphatic rings. The molecule has 9 heteroatoms. The topological polar surface area (TPSA) is 93.1 Å². The number of hydrogen-bond acceptors (Lipinski definition) is 5. The fraction of sp³-hybridized carbons (Fsp3) is 0.120. The number of carbonyl (C=O) groups is 2. The minimum Gasteiger partial charge on any atom is -0.346 e. The normalized spacial score (nSPS) is 16.6. The van der Waals surface area contributed by atoms with Crippen LogP contribution in [0.5, 0.6) is 0 Å². The first-order chi connectivity index (χ1) is 16.5. The minimum atomic E-state index is -0.438. The third-order valence-corrected chi connectivity index (χ3v) is 6.94. The smallest absolute Gasteiger partial charge is 0.261 e. The van der Waals surface area contributed by atoms with Gasteiger partial charge in [-0.1, -0.05) is 23.7 Å². The van der Waals surface area contributed by atoms with Gasteiger partial charge in [-0.25, -0.2) is 0 Å². The molecule has 170 valence electrons. The van der Waals surface area contributed by atoms with E-state index in [4.69, 9.17) is 11.6 Å². The Morgan fingerprint density at radius 1 is 0.971 bits per heavy atom. The summed E-state index contributed by atoms with van der Waals surface area (Å²) in [6, 6.07) is 18.0. The Labute approximate surface area is 204 Å². The largest absolute Gasteiger partial charge is 0.346 e. The second kappa shape index (κ2) is 9.24. The van der Waals surface area contributed by atoms with Crippen LogP contribution in [-0.2, 0) is 6.42 Å². The summed E-state index contributed by atoms with van der Waals surface area (Å²) in [4.78, 5) is 42.8. The van der Waals surface area contributed by atoms with E-state index in [2.05, 4.69) is 15.6 Å². The third kappa shape index (κ3) is 4.37. The highest BCUT2D eigenvalue weighted by Gasteiger charge is 2.36. The van der Waals surface area contributed by atoms with Crippen molar-refractivity contribution in [2.45, 2.75) is 18.5 Å². The number of hydrogen-bond donors (Lipinski definition) is 2. The average Bonchev–Trinajstić information content (AvgIpc) is 3.43. The maximum atomic E-state index is 13.1. The van der Waals surface area contributed by atoms with E-state index in [1.54, 1.807) is 60.9 Å². The molecule has 0 fully saturated rings. The molecule has 5 rings (SSSR count). The molecule has 2 amide bonds. The molecule has 2 atom stereocenters. The first-order valence-corrected chi connectivity index (χ1v) is 11.8. The highest BCUT2D eigenvalue weighted by Crippen LogP contribution is 2.31. The summed E-state index contributed by atoms with van der Waals surface area (Å²) < 4.78 is 2.04. The van der Waals surface area contributed by atoms with Crippen molar-refractivity contribution in [3.05, 3.63) is 116 Å². The zero-order valence-corrected chi connectivity index (χ0v) is 19.3. The molecule has 0 bridgehead atoms. The summed E-state index contributed by atoms with van der Waals surface area (Å²) in [5.41, 5.74) is 2.66. The highest BCUT2D eigenvalue weighted by atomic mass is 35.5. The molecular formula is C25H19ClN4O3S. The van der Waals surface area contributed by atoms with Crippen LogP contribution >= 0.6 is 22.9 Å². The number of nitrogens with one attached hydrogen (secondary N) is 2. The van der Waals surface area contributed by atoms with Gasteiger partial charge in [0.1, 0.15) is 0 Å². The van der Waals surface area contributed by atoms with Crippen LogP contribution in [0.25, 0.3) is 5.69 Å². The van der Waals surface area contributed by atoms with E-state index < -0.39 is 6.04 Å². The Balaban J connectivity index is 1.36. The molecule has 2 N–H and O–H groups in total. The number of pyridine rings is 2. The fourth-order valence-electron chi connectivity index (χ4n) is 4.07. The van der Waals surface area contributed by atoms with E-state index in [1.807, 2.05) is 12.1 Å². The Morgan fingerprint density at radius 3 is 2.53 bits per heavy atom. The predicted molar refractivity (Wildman–Crippen MR) is 131 cm³/mol. The van der Waals surface area contributed by atoms with Gasteiger partial charge in [0.15, 0.2) is 0 Å². The number of rotatable bonds is 5. The molecule has 0 saturated heterocycles. The zero-order valence-electron chi connectivity index (χ0n) is 17.8. The van der Waals surface area contributed by atoms with Crippen LogP contribution in [0, 0.1) is 0 Å². The van der Waals surface area contributed by atoms with Crippen molar-refractivity contribution in [1.82, 2.24) is 20.2 Å². The van der Waals surface area contributed by atoms with Gasteiger partial charge in [0.2, 0.25) is 0 Å². The van der Waals surface area contributed by atoms with Crippen LogP contribution in [0.1, 0.15) is 37.3 Å². The zero-order chi connectivity index (χ0) is 23.7. The summed E-state index contributed by atoms with van der Waals surface area (Å²) in [6.07, 6.45) is 3.88. The monoisotopic (exact) mass is 490 g/mol. The number of amides is 2. The summed E-state index contributed by atoms with van der Waals surface area (Å²) in [5, 5.41) is 6.07. The van der Waals surface area contributed by atoms with Gasteiger partial charge in [0.25, 0.3) is 17.4 Å². The lowest BCUT2D eigenvalue weighted by molar-refractivity contribution is 0.0890. The van der Waals surface area contributed by atoms with Crippen molar-refractivity contribution in [3.8, 4) is 5.69 Å². The number of halogens is 1. The number of fused-ring (bicyclic) bond motifs is 1. The number of benzene rings is 1. The van der Waals surface area contributed by atoms with E-state index in [9.17, 15) is 14.4 Å². The van der Waals surface area contributed by atoms with Crippen molar-refractivity contribution in [3.63, 3.8) is 0 Å². The molecule has 0 spiro atoms. The van der Waals surface area contributed by atoms with Crippen molar-refractivity contribution in [2.24, 2.45) is 0 Å². The van der Waals surface area contributed by atoms with E-state index in [1.165, 1.54) is 22.0 Å². The van der Waals surface area contributed by atoms with Gasteiger partial charge in [-0.15, -0.1) is 11.3 Å². The van der Waals surface area contributed by atoms with Crippen LogP contribution < -0.4 is 16.2 Å². The van der Waals surface area contributed by atoms with Crippen LogP contribution in [0.4, 0.5) is 0 Å². The van der Waals surface area contributed by atoms with Gasteiger partial charge in [-0.05, 0) is 54.1 Å². The predicted octanol–water partition coefficient (Wildman–Crippen LogP) is 3.77. The molecule has 1 aliphatic carbocycles. The van der Waals surface area contributed by atoms with E-state index in [-0.39, 0.29) is 23.4 Å². The van der Waals surface area contributed by atoms with Crippen LogP contribution in [0.2, 0.25) is 4.34 Å². The van der Waals surface area contributed by atoms with E-state index >= 15 is 0 Å². The standard InChI is InChI=1S/C25H19ClN4O3S/c26-21-11-10-20(34-21)25(33)28-19-14-18-17(4-3-12-27-18)23(19)29-24(32)15-6-8-16(9-7-15)30-13-2-1-5-22(30)31/h1-13,19,23H,14H2,(H,28,33)(H,29,32)/t19-,23+/m1/s1. The maximum absolute atomic E-state index is 13.1. The van der Waals surface area contributed by atoms with Crippen LogP contribution in [-0.4, -0.2) is 27.4 Å². The second-order valence-electron chi connectivity index (χ2n) is 7.83. The number of aromatic nitrogens is 2. The van der Waals surface area contributed by atoms with E-state index in [0.717, 1.165) is 11.3 Å². The van der Waals surface area contributed by atoms with Crippen LogP contribution in [0.15, 0.2) is 83.9 Å². The van der Waals surface area contributed by atoms with Gasteiger partial charge in [-0.2, -0.15) is 0 Å². The Morgan fingerprint density at radius 2 is 1.79 bits per heavy atom. The molecule has 0 aliphatic heterocycles. The van der Waals surface area contributed by atoms with Crippen molar-refractivity contribution >= 4 is 34.8 Å². The van der Waals surface area contributed by atoms with Crippen molar-refractivity contribution < 1.29 is 9.59 Å². The average molecular weight is 491 g/mol. The molecule has 1 aromatic carbocycles. The molecule has 34 heavy (non-hydrogen) atoms. The first-order valence-electron chi connectivity index (χ1n) is 10.6. The molecule has 3 aromatic heterocycles. The minimum absolute atomic E-state index is 0.152. The summed E-state index contributed by atoms with van der Waals surface area (Å²) in [6.45, 7) is 0. The number of carbonyl (C=O) groups excluding carboxylic acids is 2.